The first kappa shape index (κ1) is 14.1. The Kier molecular flexibility index (Phi) is 3.09. The molecule has 0 atom stereocenters. The lowest BCUT2D eigenvalue weighted by Crippen LogP contribution is -2.22. The summed E-state index contributed by atoms with van der Waals surface area (Å²) in [6.45, 7) is 0. The highest BCUT2D eigenvalue weighted by molar-refractivity contribution is 9.10. The Balaban J connectivity index is 2.32. The van der Waals surface area contributed by atoms with Crippen molar-refractivity contribution in [2.45, 2.75) is 4.90 Å². The molecule has 1 N–H and O–H groups in total. The van der Waals surface area contributed by atoms with Gasteiger partial charge in [-0.3, -0.25) is 14.1 Å². The summed E-state index contributed by atoms with van der Waals surface area (Å²) in [4.78, 5) is 24.5. The van der Waals surface area contributed by atoms with Crippen molar-refractivity contribution < 1.29 is 22.6 Å². The van der Waals surface area contributed by atoms with E-state index in [0.717, 1.165) is 12.1 Å². The van der Waals surface area contributed by atoms with Gasteiger partial charge in [-0.2, -0.15) is 8.42 Å². The van der Waals surface area contributed by atoms with Crippen molar-refractivity contribution >= 4 is 37.6 Å². The minimum Gasteiger partial charge on any atom is -0.289 e. The monoisotopic (exact) mass is 366 g/mol. The van der Waals surface area contributed by atoms with Gasteiger partial charge in [-0.15, -0.1) is 0 Å². The van der Waals surface area contributed by atoms with Gasteiger partial charge in [0.05, 0.1) is 4.90 Å². The van der Waals surface area contributed by atoms with E-state index in [2.05, 4.69) is 15.9 Å². The summed E-state index contributed by atoms with van der Waals surface area (Å²) in [6.07, 6.45) is 0. The van der Waals surface area contributed by atoms with Gasteiger partial charge in [-0.25, -0.2) is 0 Å². The van der Waals surface area contributed by atoms with E-state index in [-0.39, 0.29) is 28.0 Å². The third kappa shape index (κ3) is 2.14. The van der Waals surface area contributed by atoms with Crippen LogP contribution in [0.3, 0.4) is 0 Å². The number of ketones is 2. The Morgan fingerprint density at radius 3 is 2.29 bits per heavy atom. The quantitative estimate of drug-likeness (QED) is 0.668. The molecule has 0 fully saturated rings. The van der Waals surface area contributed by atoms with Crippen LogP contribution in [0.1, 0.15) is 31.8 Å². The molecule has 2 aromatic carbocycles. The zero-order chi connectivity index (χ0) is 15.4. The van der Waals surface area contributed by atoms with Gasteiger partial charge in [0.15, 0.2) is 11.6 Å². The Morgan fingerprint density at radius 1 is 0.905 bits per heavy atom. The molecule has 3 rings (SSSR count). The summed E-state index contributed by atoms with van der Waals surface area (Å²) in [5, 5.41) is 0. The molecule has 0 heterocycles. The van der Waals surface area contributed by atoms with Crippen LogP contribution in [0.4, 0.5) is 0 Å². The average molecular weight is 367 g/mol. The number of hydrogen-bond acceptors (Lipinski definition) is 4. The van der Waals surface area contributed by atoms with E-state index in [0.29, 0.717) is 4.47 Å². The van der Waals surface area contributed by atoms with Crippen molar-refractivity contribution in [3.8, 4) is 0 Å². The van der Waals surface area contributed by atoms with Crippen LogP contribution in [0.2, 0.25) is 0 Å². The lowest BCUT2D eigenvalue weighted by molar-refractivity contribution is 0.0978. The fourth-order valence-electron chi connectivity index (χ4n) is 2.29. The SMILES string of the molecule is O=C1c2ccc(S(=O)(=O)O)cc2C(=O)c2c(Br)cccc21. The average Bonchev–Trinajstić information content (AvgIpc) is 2.43. The Hall–Kier alpha value is -1.83. The number of fused-ring (bicyclic) bond motifs is 2. The molecule has 0 bridgehead atoms. The molecule has 0 spiro atoms. The lowest BCUT2D eigenvalue weighted by atomic mass is 9.84. The van der Waals surface area contributed by atoms with Crippen LogP contribution in [-0.2, 0) is 10.1 Å². The van der Waals surface area contributed by atoms with Crippen LogP contribution in [0, 0.1) is 0 Å². The van der Waals surface area contributed by atoms with Crippen molar-refractivity contribution in [1.82, 2.24) is 0 Å². The molecular formula is C14H7BrO5S. The van der Waals surface area contributed by atoms with Crippen LogP contribution in [0.25, 0.3) is 0 Å². The number of halogens is 1. The van der Waals surface area contributed by atoms with E-state index in [1.165, 1.54) is 6.07 Å². The molecule has 0 radical (unpaired) electrons. The molecule has 0 aromatic heterocycles. The molecule has 0 amide bonds. The molecule has 1 aliphatic carbocycles. The van der Waals surface area contributed by atoms with Crippen molar-refractivity contribution in [2.75, 3.05) is 0 Å². The zero-order valence-corrected chi connectivity index (χ0v) is 12.7. The van der Waals surface area contributed by atoms with Crippen LogP contribution >= 0.6 is 15.9 Å². The topological polar surface area (TPSA) is 88.5 Å². The second kappa shape index (κ2) is 4.59. The van der Waals surface area contributed by atoms with Gasteiger partial charge in [0.2, 0.25) is 0 Å². The Labute approximate surface area is 128 Å². The molecule has 21 heavy (non-hydrogen) atoms. The largest absolute Gasteiger partial charge is 0.294 e. The fourth-order valence-corrected chi connectivity index (χ4v) is 3.35. The Bertz CT molecular complexity index is 915. The number of carbonyl (C=O) groups excluding carboxylic acids is 2. The standard InChI is InChI=1S/C14H7BrO5S/c15-11-3-1-2-9-12(11)14(17)10-6-7(21(18,19)20)4-5-8(10)13(9)16/h1-6H,(H,18,19,20). The molecule has 0 unspecified atom stereocenters. The van der Waals surface area contributed by atoms with E-state index in [1.54, 1.807) is 18.2 Å². The van der Waals surface area contributed by atoms with E-state index in [4.69, 9.17) is 4.55 Å². The van der Waals surface area contributed by atoms with Gasteiger partial charge in [0, 0.05) is 26.7 Å². The van der Waals surface area contributed by atoms with Gasteiger partial charge in [0.1, 0.15) is 0 Å². The molecule has 7 heteroatoms. The molecule has 0 saturated heterocycles. The van der Waals surface area contributed by atoms with Gasteiger partial charge >= 0.3 is 0 Å². The minimum absolute atomic E-state index is 0.0328. The highest BCUT2D eigenvalue weighted by atomic mass is 79.9. The Morgan fingerprint density at radius 2 is 1.62 bits per heavy atom. The summed E-state index contributed by atoms with van der Waals surface area (Å²) in [5.41, 5.74) is 0.552. The maximum atomic E-state index is 12.5. The van der Waals surface area contributed by atoms with Crippen LogP contribution in [0.15, 0.2) is 45.8 Å². The summed E-state index contributed by atoms with van der Waals surface area (Å²) in [5.74, 6) is -0.819. The number of rotatable bonds is 1. The van der Waals surface area contributed by atoms with Gasteiger partial charge in [-0.1, -0.05) is 28.1 Å². The highest BCUT2D eigenvalue weighted by Gasteiger charge is 2.32. The summed E-state index contributed by atoms with van der Waals surface area (Å²) >= 11 is 3.22. The zero-order valence-electron chi connectivity index (χ0n) is 10.3. The number of hydrogen-bond donors (Lipinski definition) is 1. The third-order valence-corrected chi connectivity index (χ3v) is 4.77. The van der Waals surface area contributed by atoms with Crippen molar-refractivity contribution in [1.29, 1.82) is 0 Å². The first-order chi connectivity index (χ1) is 9.80. The van der Waals surface area contributed by atoms with Crippen molar-refractivity contribution in [3.63, 3.8) is 0 Å². The number of carbonyl (C=O) groups is 2. The van der Waals surface area contributed by atoms with Gasteiger partial charge in [0.25, 0.3) is 10.1 Å². The number of benzene rings is 2. The summed E-state index contributed by atoms with van der Waals surface area (Å²) < 4.78 is 31.9. The van der Waals surface area contributed by atoms with Gasteiger partial charge in [-0.05, 0) is 24.3 Å². The third-order valence-electron chi connectivity index (χ3n) is 3.26. The molecule has 0 saturated carbocycles. The summed E-state index contributed by atoms with van der Waals surface area (Å²) in [6, 6.07) is 8.17. The molecule has 1 aliphatic rings. The van der Waals surface area contributed by atoms with Crippen LogP contribution in [-0.4, -0.2) is 24.5 Å². The molecule has 0 aliphatic heterocycles. The molecule has 5 nitrogen and oxygen atoms in total. The maximum Gasteiger partial charge on any atom is 0.294 e. The van der Waals surface area contributed by atoms with Crippen LogP contribution in [0.5, 0.6) is 0 Å². The maximum absolute atomic E-state index is 12.5. The predicted molar refractivity (Wildman–Crippen MR) is 77.3 cm³/mol. The molecular weight excluding hydrogens is 360 g/mol. The second-order valence-corrected chi connectivity index (χ2v) is 6.78. The van der Waals surface area contributed by atoms with E-state index in [9.17, 15) is 18.0 Å². The van der Waals surface area contributed by atoms with Crippen molar-refractivity contribution in [2.24, 2.45) is 0 Å². The van der Waals surface area contributed by atoms with Crippen molar-refractivity contribution in [3.05, 3.63) is 63.1 Å². The second-order valence-electron chi connectivity index (χ2n) is 4.50. The first-order valence-electron chi connectivity index (χ1n) is 5.80. The fraction of sp³-hybridized carbons (Fsp3) is 0. The van der Waals surface area contributed by atoms with E-state index in [1.807, 2.05) is 0 Å². The predicted octanol–water partition coefficient (Wildman–Crippen LogP) is 2.47. The normalized spacial score (nSPS) is 13.8. The first-order valence-corrected chi connectivity index (χ1v) is 8.03. The summed E-state index contributed by atoms with van der Waals surface area (Å²) in [7, 11) is -4.44. The van der Waals surface area contributed by atoms with Crippen LogP contribution < -0.4 is 0 Å². The minimum atomic E-state index is -4.44. The molecule has 106 valence electrons. The van der Waals surface area contributed by atoms with Gasteiger partial charge < -0.3 is 0 Å². The lowest BCUT2D eigenvalue weighted by Gasteiger charge is -2.18. The van der Waals surface area contributed by atoms with E-state index >= 15 is 0 Å². The smallest absolute Gasteiger partial charge is 0.289 e. The highest BCUT2D eigenvalue weighted by Crippen LogP contribution is 2.32. The van der Waals surface area contributed by atoms with E-state index < -0.39 is 20.8 Å². The molecule has 2 aromatic rings.